The molecule has 2 aromatic carbocycles. The molecule has 0 saturated heterocycles. The van der Waals surface area contributed by atoms with E-state index in [1.807, 2.05) is 24.3 Å². The second-order valence-electron chi connectivity index (χ2n) is 3.92. The number of non-ortho nitro benzene ring substituents is 1. The smallest absolute Gasteiger partial charge is 0.270 e. The molecule has 0 saturated carbocycles. The minimum atomic E-state index is -0.486. The molecule has 1 heterocycles. The minimum absolute atomic E-state index is 0.0445. The molecule has 0 radical (unpaired) electrons. The number of para-hydroxylation sites is 2. The van der Waals surface area contributed by atoms with Crippen molar-refractivity contribution in [1.29, 1.82) is 0 Å². The summed E-state index contributed by atoms with van der Waals surface area (Å²) in [6.45, 7) is 0. The maximum atomic E-state index is 10.6. The molecule has 0 aliphatic heterocycles. The number of nitrogens with zero attached hydrogens (tertiary/aromatic N) is 2. The Morgan fingerprint density at radius 3 is 2.75 bits per heavy atom. The van der Waals surface area contributed by atoms with Crippen LogP contribution in [0.15, 0.2) is 57.0 Å². The average Bonchev–Trinajstić information content (AvgIpc) is 2.83. The SMILES string of the molecule is O=[N+]([O-])c1ccc(Sc2nc3ccccc3o2)c(Cl)c1. The molecule has 3 rings (SSSR count). The number of benzene rings is 2. The molecule has 0 N–H and O–H groups in total. The number of hydrogen-bond donors (Lipinski definition) is 0. The normalized spacial score (nSPS) is 10.8. The van der Waals surface area contributed by atoms with Gasteiger partial charge < -0.3 is 4.42 Å². The third-order valence-electron chi connectivity index (χ3n) is 2.60. The van der Waals surface area contributed by atoms with Gasteiger partial charge in [-0.05, 0) is 30.0 Å². The highest BCUT2D eigenvalue weighted by molar-refractivity contribution is 7.99. The van der Waals surface area contributed by atoms with Crippen molar-refractivity contribution in [2.24, 2.45) is 0 Å². The van der Waals surface area contributed by atoms with Crippen LogP contribution >= 0.6 is 23.4 Å². The highest BCUT2D eigenvalue weighted by Crippen LogP contribution is 2.36. The van der Waals surface area contributed by atoms with Gasteiger partial charge in [-0.1, -0.05) is 23.7 Å². The average molecular weight is 307 g/mol. The quantitative estimate of drug-likeness (QED) is 0.525. The number of oxazole rings is 1. The van der Waals surface area contributed by atoms with Crippen LogP contribution in [0.5, 0.6) is 0 Å². The van der Waals surface area contributed by atoms with Crippen molar-refractivity contribution in [3.05, 3.63) is 57.6 Å². The van der Waals surface area contributed by atoms with Gasteiger partial charge >= 0.3 is 0 Å². The van der Waals surface area contributed by atoms with E-state index >= 15 is 0 Å². The van der Waals surface area contributed by atoms with Gasteiger partial charge in [0.1, 0.15) is 5.52 Å². The molecular weight excluding hydrogens is 300 g/mol. The zero-order valence-electron chi connectivity index (χ0n) is 9.95. The van der Waals surface area contributed by atoms with Gasteiger partial charge in [0, 0.05) is 17.0 Å². The molecule has 20 heavy (non-hydrogen) atoms. The van der Waals surface area contributed by atoms with Gasteiger partial charge in [0.05, 0.1) is 9.95 Å². The molecule has 0 bridgehead atoms. The Kier molecular flexibility index (Phi) is 3.33. The number of hydrogen-bond acceptors (Lipinski definition) is 5. The largest absolute Gasteiger partial charge is 0.431 e. The number of nitro groups is 1. The van der Waals surface area contributed by atoms with E-state index in [0.29, 0.717) is 20.7 Å². The standard InChI is InChI=1S/C13H7ClN2O3S/c14-9-7-8(16(17)18)5-6-12(9)20-13-15-10-3-1-2-4-11(10)19-13/h1-7H. The lowest BCUT2D eigenvalue weighted by Crippen LogP contribution is -1.87. The summed E-state index contributed by atoms with van der Waals surface area (Å²) >= 11 is 7.26. The van der Waals surface area contributed by atoms with Gasteiger partial charge in [0.25, 0.3) is 10.9 Å². The van der Waals surface area contributed by atoms with Crippen LogP contribution in [0.25, 0.3) is 11.1 Å². The number of rotatable bonds is 3. The fraction of sp³-hybridized carbons (Fsp3) is 0. The van der Waals surface area contributed by atoms with E-state index in [1.165, 1.54) is 23.9 Å². The molecule has 5 nitrogen and oxygen atoms in total. The van der Waals surface area contributed by atoms with Crippen LogP contribution in [0.1, 0.15) is 0 Å². The summed E-state index contributed by atoms with van der Waals surface area (Å²) in [5, 5.41) is 11.4. The van der Waals surface area contributed by atoms with Crippen molar-refractivity contribution in [2.45, 2.75) is 10.1 Å². The van der Waals surface area contributed by atoms with E-state index in [0.717, 1.165) is 5.52 Å². The summed E-state index contributed by atoms with van der Waals surface area (Å²) in [7, 11) is 0. The Balaban J connectivity index is 1.92. The Morgan fingerprint density at radius 2 is 2.05 bits per heavy atom. The van der Waals surface area contributed by atoms with Crippen LogP contribution < -0.4 is 0 Å². The molecule has 7 heteroatoms. The number of aromatic nitrogens is 1. The Morgan fingerprint density at radius 1 is 1.25 bits per heavy atom. The van der Waals surface area contributed by atoms with Gasteiger partial charge in [-0.15, -0.1) is 0 Å². The fourth-order valence-electron chi connectivity index (χ4n) is 1.67. The molecule has 0 aliphatic rings. The lowest BCUT2D eigenvalue weighted by Gasteiger charge is -2.00. The van der Waals surface area contributed by atoms with Crippen LogP contribution in [-0.2, 0) is 0 Å². The first kappa shape index (κ1) is 13.0. The van der Waals surface area contributed by atoms with E-state index in [1.54, 1.807) is 6.07 Å². The number of nitro benzene ring substituents is 1. The summed E-state index contributed by atoms with van der Waals surface area (Å²) in [5.74, 6) is 0. The topological polar surface area (TPSA) is 69.2 Å². The van der Waals surface area contributed by atoms with Crippen molar-refractivity contribution >= 4 is 40.1 Å². The van der Waals surface area contributed by atoms with Crippen molar-refractivity contribution in [3.63, 3.8) is 0 Å². The number of halogens is 1. The Hall–Kier alpha value is -2.05. The summed E-state index contributed by atoms with van der Waals surface area (Å²) in [5.41, 5.74) is 1.40. The molecule has 0 spiro atoms. The highest BCUT2D eigenvalue weighted by Gasteiger charge is 2.13. The summed E-state index contributed by atoms with van der Waals surface area (Å²) in [4.78, 5) is 15.1. The molecule has 0 unspecified atom stereocenters. The molecule has 0 fully saturated rings. The van der Waals surface area contributed by atoms with Crippen molar-refractivity contribution < 1.29 is 9.34 Å². The van der Waals surface area contributed by atoms with Crippen molar-refractivity contribution in [2.75, 3.05) is 0 Å². The van der Waals surface area contributed by atoms with E-state index in [-0.39, 0.29) is 5.69 Å². The third kappa shape index (κ3) is 2.48. The molecular formula is C13H7ClN2O3S. The number of fused-ring (bicyclic) bond motifs is 1. The Labute approximate surface area is 122 Å². The van der Waals surface area contributed by atoms with Crippen molar-refractivity contribution in [3.8, 4) is 0 Å². The molecule has 0 aliphatic carbocycles. The van der Waals surface area contributed by atoms with Crippen LogP contribution in [0.3, 0.4) is 0 Å². The molecule has 0 atom stereocenters. The zero-order valence-corrected chi connectivity index (χ0v) is 11.5. The lowest BCUT2D eigenvalue weighted by atomic mass is 10.3. The van der Waals surface area contributed by atoms with E-state index in [2.05, 4.69) is 4.98 Å². The molecule has 1 aromatic heterocycles. The predicted octanol–water partition coefficient (Wildman–Crippen LogP) is 4.54. The molecule has 100 valence electrons. The third-order valence-corrected chi connectivity index (χ3v) is 3.95. The maximum Gasteiger partial charge on any atom is 0.270 e. The van der Waals surface area contributed by atoms with Crippen LogP contribution in [-0.4, -0.2) is 9.91 Å². The first-order valence-corrected chi connectivity index (χ1v) is 6.80. The van der Waals surface area contributed by atoms with Gasteiger partial charge in [0.15, 0.2) is 5.58 Å². The van der Waals surface area contributed by atoms with Crippen LogP contribution in [0.4, 0.5) is 5.69 Å². The summed E-state index contributed by atoms with van der Waals surface area (Å²) < 4.78 is 5.56. The fourth-order valence-corrected chi connectivity index (χ4v) is 2.72. The monoisotopic (exact) mass is 306 g/mol. The molecule has 0 amide bonds. The van der Waals surface area contributed by atoms with Gasteiger partial charge in [-0.3, -0.25) is 10.1 Å². The first-order valence-electron chi connectivity index (χ1n) is 5.61. The first-order chi connectivity index (χ1) is 9.63. The van der Waals surface area contributed by atoms with Gasteiger partial charge in [-0.25, -0.2) is 4.98 Å². The highest BCUT2D eigenvalue weighted by atomic mass is 35.5. The molecule has 3 aromatic rings. The minimum Gasteiger partial charge on any atom is -0.431 e. The van der Waals surface area contributed by atoms with Crippen molar-refractivity contribution in [1.82, 2.24) is 4.98 Å². The van der Waals surface area contributed by atoms with E-state index in [9.17, 15) is 10.1 Å². The summed E-state index contributed by atoms with van der Waals surface area (Å²) in [6.07, 6.45) is 0. The maximum absolute atomic E-state index is 10.6. The van der Waals surface area contributed by atoms with E-state index < -0.39 is 4.92 Å². The second-order valence-corrected chi connectivity index (χ2v) is 5.32. The predicted molar refractivity (Wildman–Crippen MR) is 76.2 cm³/mol. The Bertz CT molecular complexity index is 770. The second kappa shape index (κ2) is 5.15. The summed E-state index contributed by atoms with van der Waals surface area (Å²) in [6, 6.07) is 11.7. The lowest BCUT2D eigenvalue weighted by molar-refractivity contribution is -0.384. The van der Waals surface area contributed by atoms with Crippen LogP contribution in [0.2, 0.25) is 5.02 Å². The van der Waals surface area contributed by atoms with E-state index in [4.69, 9.17) is 16.0 Å². The van der Waals surface area contributed by atoms with Gasteiger partial charge in [-0.2, -0.15) is 0 Å². The zero-order chi connectivity index (χ0) is 14.1. The van der Waals surface area contributed by atoms with Gasteiger partial charge in [0.2, 0.25) is 0 Å². The van der Waals surface area contributed by atoms with Crippen LogP contribution in [0, 0.1) is 10.1 Å².